The minimum atomic E-state index is -4.98. The molecule has 1 aliphatic heterocycles. The summed E-state index contributed by atoms with van der Waals surface area (Å²) in [6.07, 6.45) is 3.62. The summed E-state index contributed by atoms with van der Waals surface area (Å²) in [5, 5.41) is 10.9. The average Bonchev–Trinajstić information content (AvgIpc) is 3.58. The molecule has 10 radical (unpaired) electrons. The van der Waals surface area contributed by atoms with Crippen molar-refractivity contribution in [3.63, 3.8) is 0 Å². The molecule has 2 heterocycles. The summed E-state index contributed by atoms with van der Waals surface area (Å²) in [5.41, 5.74) is -3.85. The SMILES string of the molecule is CN1CCN(C[C]2[CH][CH][CH][C]2[C@@H](O)c2cc(C(F)(F)F)nc3c(C(F)(F)F)cccc23)CC1.[CH]1[CH][CH][CH][CH]1.[Fe+2]. The number of alkyl halides is 6. The largest absolute Gasteiger partial charge is 2.00 e. The minimum absolute atomic E-state index is 0. The Hall–Kier alpha value is -1.39. The zero-order valence-corrected chi connectivity index (χ0v) is 22.1. The number of nitrogens with zero attached hydrogens (tertiary/aromatic N) is 3. The quantitative estimate of drug-likeness (QED) is 0.385. The molecule has 5 rings (SSSR count). The van der Waals surface area contributed by atoms with Crippen molar-refractivity contribution in [3.05, 3.63) is 104 Å². The fourth-order valence-electron chi connectivity index (χ4n) is 4.49. The summed E-state index contributed by atoms with van der Waals surface area (Å²) in [6.45, 7) is 3.80. The molecule has 1 atom stereocenters. The number of benzene rings is 1. The van der Waals surface area contributed by atoms with E-state index in [1.54, 1.807) is 19.3 Å². The molecule has 1 aromatic heterocycles. The van der Waals surface area contributed by atoms with Crippen LogP contribution in [0.5, 0.6) is 0 Å². The van der Waals surface area contributed by atoms with E-state index in [4.69, 9.17) is 0 Å². The Bertz CT molecular complexity index is 1060. The molecule has 2 saturated carbocycles. The summed E-state index contributed by atoms with van der Waals surface area (Å²) >= 11 is 0. The number of para-hydroxylation sites is 1. The number of halogens is 6. The summed E-state index contributed by atoms with van der Waals surface area (Å²) in [4.78, 5) is 7.64. The van der Waals surface area contributed by atoms with Gasteiger partial charge in [-0.1, -0.05) is 12.1 Å². The van der Waals surface area contributed by atoms with Crippen LogP contribution in [0, 0.1) is 63.2 Å². The summed E-state index contributed by atoms with van der Waals surface area (Å²) in [7, 11) is 2.01. The average molecular weight is 591 g/mol. The van der Waals surface area contributed by atoms with Crippen LogP contribution >= 0.6 is 0 Å². The van der Waals surface area contributed by atoms with E-state index in [1.807, 2.05) is 39.2 Å². The number of aliphatic hydroxyl groups is 1. The monoisotopic (exact) mass is 591 g/mol. The van der Waals surface area contributed by atoms with Gasteiger partial charge in [-0.3, -0.25) is 0 Å². The van der Waals surface area contributed by atoms with Crippen LogP contribution in [0.2, 0.25) is 0 Å². The third-order valence-electron chi connectivity index (χ3n) is 6.55. The van der Waals surface area contributed by atoms with E-state index in [1.165, 1.54) is 6.07 Å². The maximum absolute atomic E-state index is 13.5. The van der Waals surface area contributed by atoms with E-state index in [2.05, 4.69) is 14.8 Å². The van der Waals surface area contributed by atoms with Gasteiger partial charge < -0.3 is 14.9 Å². The molecule has 0 bridgehead atoms. The third kappa shape index (κ3) is 8.09. The first-order chi connectivity index (χ1) is 17.9. The van der Waals surface area contributed by atoms with Gasteiger partial charge in [-0.05, 0) is 76.1 Å². The van der Waals surface area contributed by atoms with Gasteiger partial charge in [0.2, 0.25) is 0 Å². The molecular formula is C28H27F6FeN3O+2. The predicted octanol–water partition coefficient (Wildman–Crippen LogP) is 5.35. The zero-order valence-electron chi connectivity index (χ0n) is 21.0. The molecular weight excluding hydrogens is 564 g/mol. The number of hydrogen-bond acceptors (Lipinski definition) is 4. The Kier molecular flexibility index (Phi) is 11.1. The molecule has 39 heavy (non-hydrogen) atoms. The van der Waals surface area contributed by atoms with E-state index >= 15 is 0 Å². The van der Waals surface area contributed by atoms with Crippen molar-refractivity contribution in [2.24, 2.45) is 0 Å². The Morgan fingerprint density at radius 1 is 0.872 bits per heavy atom. The normalized spacial score (nSPS) is 21.0. The van der Waals surface area contributed by atoms with Gasteiger partial charge in [0, 0.05) is 49.9 Å². The molecule has 3 fully saturated rings. The van der Waals surface area contributed by atoms with Gasteiger partial charge in [-0.15, -0.1) is 0 Å². The molecule has 4 nitrogen and oxygen atoms in total. The smallest absolute Gasteiger partial charge is 0.388 e. The number of hydrogen-bond donors (Lipinski definition) is 1. The molecule has 2 aliphatic carbocycles. The molecule has 0 amide bonds. The molecule has 1 saturated heterocycles. The summed E-state index contributed by atoms with van der Waals surface area (Å²) in [6, 6.07) is 3.68. The van der Waals surface area contributed by atoms with Crippen LogP contribution in [-0.2, 0) is 29.4 Å². The number of fused-ring (bicyclic) bond motifs is 1. The van der Waals surface area contributed by atoms with Crippen molar-refractivity contribution >= 4 is 10.9 Å². The Balaban J connectivity index is 0.000000630. The molecule has 208 valence electrons. The molecule has 0 spiro atoms. The van der Waals surface area contributed by atoms with E-state index < -0.39 is 35.2 Å². The van der Waals surface area contributed by atoms with Crippen LogP contribution in [0.1, 0.15) is 22.9 Å². The maximum Gasteiger partial charge on any atom is 2.00 e. The fraction of sp³-hybridized carbons (Fsp3) is 0.321. The van der Waals surface area contributed by atoms with Crippen LogP contribution < -0.4 is 0 Å². The molecule has 11 heteroatoms. The van der Waals surface area contributed by atoms with Crippen molar-refractivity contribution in [1.29, 1.82) is 0 Å². The first-order valence-electron chi connectivity index (χ1n) is 12.0. The van der Waals surface area contributed by atoms with Gasteiger partial charge in [0.05, 0.1) is 17.2 Å². The third-order valence-corrected chi connectivity index (χ3v) is 6.55. The van der Waals surface area contributed by atoms with E-state index in [9.17, 15) is 31.4 Å². The van der Waals surface area contributed by atoms with E-state index in [0.717, 1.165) is 38.2 Å². The van der Waals surface area contributed by atoms with Crippen molar-refractivity contribution in [2.75, 3.05) is 39.8 Å². The van der Waals surface area contributed by atoms with Crippen molar-refractivity contribution in [1.82, 2.24) is 14.8 Å². The van der Waals surface area contributed by atoms with Crippen molar-refractivity contribution in [2.45, 2.75) is 18.5 Å². The van der Waals surface area contributed by atoms with Gasteiger partial charge in [-0.2, -0.15) is 26.3 Å². The maximum atomic E-state index is 13.5. The number of pyridine rings is 1. The van der Waals surface area contributed by atoms with Crippen LogP contribution in [-0.4, -0.2) is 59.7 Å². The number of piperazine rings is 1. The number of rotatable bonds is 4. The van der Waals surface area contributed by atoms with E-state index in [0.29, 0.717) is 24.6 Å². The predicted molar refractivity (Wildman–Crippen MR) is 132 cm³/mol. The minimum Gasteiger partial charge on any atom is -0.388 e. The first-order valence-corrected chi connectivity index (χ1v) is 12.0. The van der Waals surface area contributed by atoms with Crippen molar-refractivity contribution < 1.29 is 48.5 Å². The van der Waals surface area contributed by atoms with Crippen LogP contribution in [0.4, 0.5) is 26.3 Å². The summed E-state index contributed by atoms with van der Waals surface area (Å²) in [5.74, 6) is 1.09. The molecule has 1 N–H and O–H groups in total. The second-order valence-electron chi connectivity index (χ2n) is 9.24. The molecule has 2 aromatic rings. The first kappa shape index (κ1) is 32.1. The fourth-order valence-corrected chi connectivity index (χ4v) is 4.49. The number of aliphatic hydroxyl groups excluding tert-OH is 1. The van der Waals surface area contributed by atoms with Gasteiger partial charge >= 0.3 is 29.4 Å². The van der Waals surface area contributed by atoms with Gasteiger partial charge in [0.15, 0.2) is 0 Å². The van der Waals surface area contributed by atoms with Gasteiger partial charge in [-0.25, -0.2) is 4.98 Å². The number of likely N-dealkylation sites (N-methyl/N-ethyl adjacent to an activating group) is 1. The van der Waals surface area contributed by atoms with Crippen LogP contribution in [0.25, 0.3) is 10.9 Å². The Morgan fingerprint density at radius 3 is 2.05 bits per heavy atom. The van der Waals surface area contributed by atoms with Gasteiger partial charge in [0.1, 0.15) is 5.69 Å². The molecule has 0 unspecified atom stereocenters. The second-order valence-corrected chi connectivity index (χ2v) is 9.24. The Labute approximate surface area is 236 Å². The zero-order chi connectivity index (χ0) is 27.5. The van der Waals surface area contributed by atoms with Crippen LogP contribution in [0.3, 0.4) is 0 Å². The Morgan fingerprint density at radius 2 is 1.49 bits per heavy atom. The topological polar surface area (TPSA) is 39.6 Å². The molecule has 3 aliphatic rings. The standard InChI is InChI=1S/C23H22F6N3O.C5H5.Fe/c1-31-8-10-32(11-9-31)13-14-4-2-5-15(14)21(33)17-12-19(23(27,28)29)30-20-16(17)6-3-7-18(20)22(24,25)26;1-2-4-5-3-1;/h2-7,12,21,33H,8-11,13H2,1H3;1-5H;/q;;+2/t21-;;/m1../s1. The van der Waals surface area contributed by atoms with Crippen molar-refractivity contribution in [3.8, 4) is 0 Å². The summed E-state index contributed by atoms with van der Waals surface area (Å²) < 4.78 is 81.1. The molecule has 1 aromatic carbocycles. The van der Waals surface area contributed by atoms with Crippen LogP contribution in [0.15, 0.2) is 24.3 Å². The van der Waals surface area contributed by atoms with E-state index in [-0.39, 0.29) is 28.0 Å². The van der Waals surface area contributed by atoms with Gasteiger partial charge in [0.25, 0.3) is 0 Å². The number of aromatic nitrogens is 1. The second kappa shape index (κ2) is 13.5.